The minimum Gasteiger partial charge on any atom is -0.372 e. The Labute approximate surface area is 152 Å². The summed E-state index contributed by atoms with van der Waals surface area (Å²) >= 11 is 1.43. The molecule has 0 spiro atoms. The Morgan fingerprint density at radius 2 is 1.92 bits per heavy atom. The van der Waals surface area contributed by atoms with Crippen molar-refractivity contribution in [2.45, 2.75) is 44.0 Å². The summed E-state index contributed by atoms with van der Waals surface area (Å²) in [5.41, 5.74) is 0.830. The Balaban J connectivity index is 1.53. The molecule has 1 aromatic carbocycles. The molecule has 3 rings (SSSR count). The van der Waals surface area contributed by atoms with Crippen molar-refractivity contribution in [3.63, 3.8) is 0 Å². The quantitative estimate of drug-likeness (QED) is 0.848. The molecular formula is C18H25N3O3S. The van der Waals surface area contributed by atoms with Gasteiger partial charge in [0.2, 0.25) is 11.8 Å². The Hall–Kier alpha value is -1.57. The highest BCUT2D eigenvalue weighted by atomic mass is 32.2. The highest BCUT2D eigenvalue weighted by molar-refractivity contribution is 8.00. The van der Waals surface area contributed by atoms with E-state index in [0.717, 1.165) is 5.56 Å². The van der Waals surface area contributed by atoms with Gasteiger partial charge in [-0.2, -0.15) is 0 Å². The third-order valence-corrected chi connectivity index (χ3v) is 5.38. The largest absolute Gasteiger partial charge is 0.372 e. The monoisotopic (exact) mass is 363 g/mol. The fourth-order valence-corrected chi connectivity index (χ4v) is 4.26. The molecule has 136 valence electrons. The van der Waals surface area contributed by atoms with Crippen LogP contribution in [0.25, 0.3) is 0 Å². The molecule has 4 atom stereocenters. The zero-order chi connectivity index (χ0) is 17.8. The Kier molecular flexibility index (Phi) is 5.98. The van der Waals surface area contributed by atoms with Crippen LogP contribution in [0.1, 0.15) is 31.9 Å². The molecule has 0 radical (unpaired) electrons. The summed E-state index contributed by atoms with van der Waals surface area (Å²) < 4.78 is 5.67. The van der Waals surface area contributed by atoms with Crippen LogP contribution in [0.3, 0.4) is 0 Å². The van der Waals surface area contributed by atoms with Crippen molar-refractivity contribution in [2.75, 3.05) is 18.8 Å². The summed E-state index contributed by atoms with van der Waals surface area (Å²) in [6.07, 6.45) is 0.536. The van der Waals surface area contributed by atoms with E-state index in [9.17, 15) is 9.59 Å². The van der Waals surface area contributed by atoms with E-state index in [-0.39, 0.29) is 35.6 Å². The maximum atomic E-state index is 12.5. The summed E-state index contributed by atoms with van der Waals surface area (Å²) in [5, 5.41) is 6.32. The summed E-state index contributed by atoms with van der Waals surface area (Å²) in [5.74, 6) is 0.426. The molecule has 2 saturated heterocycles. The van der Waals surface area contributed by atoms with Crippen LogP contribution >= 0.6 is 11.8 Å². The molecule has 0 aromatic heterocycles. The molecule has 2 heterocycles. The number of hydrogen-bond acceptors (Lipinski definition) is 5. The summed E-state index contributed by atoms with van der Waals surface area (Å²) in [7, 11) is 0. The fourth-order valence-electron chi connectivity index (χ4n) is 3.29. The van der Waals surface area contributed by atoms with E-state index in [4.69, 9.17) is 4.74 Å². The Morgan fingerprint density at radius 3 is 2.60 bits per heavy atom. The molecule has 25 heavy (non-hydrogen) atoms. The summed E-state index contributed by atoms with van der Waals surface area (Å²) in [4.78, 5) is 26.3. The van der Waals surface area contributed by atoms with Gasteiger partial charge in [0.1, 0.15) is 5.50 Å². The van der Waals surface area contributed by atoms with Crippen LogP contribution in [0.2, 0.25) is 0 Å². The number of rotatable bonds is 4. The number of nitrogens with one attached hydrogen (secondary N) is 2. The predicted molar refractivity (Wildman–Crippen MR) is 97.9 cm³/mol. The van der Waals surface area contributed by atoms with Gasteiger partial charge in [-0.25, -0.2) is 0 Å². The van der Waals surface area contributed by atoms with Gasteiger partial charge in [0, 0.05) is 25.6 Å². The molecule has 1 aromatic rings. The van der Waals surface area contributed by atoms with Gasteiger partial charge in [0.25, 0.3) is 0 Å². The van der Waals surface area contributed by atoms with Crippen LogP contribution in [0.4, 0.5) is 0 Å². The van der Waals surface area contributed by atoms with Crippen molar-refractivity contribution in [2.24, 2.45) is 0 Å². The van der Waals surface area contributed by atoms with E-state index < -0.39 is 0 Å². The normalized spacial score (nSPS) is 30.0. The third kappa shape index (κ3) is 4.96. The fraction of sp³-hybridized carbons (Fsp3) is 0.556. The van der Waals surface area contributed by atoms with E-state index >= 15 is 0 Å². The molecule has 2 fully saturated rings. The molecule has 2 aliphatic rings. The minimum atomic E-state index is -0.258. The number of morpholine rings is 1. The van der Waals surface area contributed by atoms with E-state index in [1.165, 1.54) is 11.8 Å². The average molecular weight is 363 g/mol. The lowest BCUT2D eigenvalue weighted by atomic mass is 10.0. The highest BCUT2D eigenvalue weighted by Gasteiger charge is 2.29. The van der Waals surface area contributed by atoms with Crippen LogP contribution in [0.15, 0.2) is 30.3 Å². The van der Waals surface area contributed by atoms with Crippen molar-refractivity contribution in [1.29, 1.82) is 0 Å². The number of ether oxygens (including phenoxy) is 1. The average Bonchev–Trinajstić information content (AvgIpc) is 2.59. The standard InChI is InChI=1S/C18H25N3O3S/c1-12-9-21(10-13(2)24-12)17(23)11-25-18-19-15(8-16(22)20-18)14-6-4-3-5-7-14/h3-7,12-13,15,18-19H,8-11H2,1-2H3,(H,20,22). The molecular weight excluding hydrogens is 338 g/mol. The molecule has 4 unspecified atom stereocenters. The van der Waals surface area contributed by atoms with Gasteiger partial charge >= 0.3 is 0 Å². The van der Waals surface area contributed by atoms with Crippen molar-refractivity contribution in [3.8, 4) is 0 Å². The number of hydrogen-bond donors (Lipinski definition) is 2. The van der Waals surface area contributed by atoms with Gasteiger partial charge in [-0.1, -0.05) is 30.3 Å². The second-order valence-corrected chi connectivity index (χ2v) is 7.74. The summed E-state index contributed by atoms with van der Waals surface area (Å²) in [6, 6.07) is 9.90. The molecule has 0 saturated carbocycles. The van der Waals surface area contributed by atoms with E-state index in [1.807, 2.05) is 49.1 Å². The van der Waals surface area contributed by atoms with E-state index in [2.05, 4.69) is 10.6 Å². The zero-order valence-electron chi connectivity index (χ0n) is 14.6. The van der Waals surface area contributed by atoms with Crippen LogP contribution in [0, 0.1) is 0 Å². The van der Waals surface area contributed by atoms with E-state index in [0.29, 0.717) is 25.3 Å². The second kappa shape index (κ2) is 8.21. The van der Waals surface area contributed by atoms with Gasteiger partial charge in [-0.15, -0.1) is 11.8 Å². The SMILES string of the molecule is CC1CN(C(=O)CSC2NC(=O)CC(c3ccccc3)N2)CC(C)O1. The molecule has 0 bridgehead atoms. The van der Waals surface area contributed by atoms with Crippen molar-refractivity contribution >= 4 is 23.6 Å². The number of amides is 2. The molecule has 7 heteroatoms. The Morgan fingerprint density at radius 1 is 1.24 bits per heavy atom. The number of carbonyl (C=O) groups excluding carboxylic acids is 2. The zero-order valence-corrected chi connectivity index (χ0v) is 15.4. The maximum Gasteiger partial charge on any atom is 0.232 e. The molecule has 2 amide bonds. The summed E-state index contributed by atoms with van der Waals surface area (Å²) in [6.45, 7) is 5.22. The predicted octanol–water partition coefficient (Wildman–Crippen LogP) is 1.49. The van der Waals surface area contributed by atoms with Crippen molar-refractivity contribution < 1.29 is 14.3 Å². The number of carbonyl (C=O) groups is 2. The minimum absolute atomic E-state index is 0.00571. The molecule has 6 nitrogen and oxygen atoms in total. The first-order valence-electron chi connectivity index (χ1n) is 8.66. The number of thioether (sulfide) groups is 1. The van der Waals surface area contributed by atoms with Gasteiger partial charge in [-0.05, 0) is 19.4 Å². The maximum absolute atomic E-state index is 12.5. The van der Waals surface area contributed by atoms with Crippen LogP contribution < -0.4 is 10.6 Å². The highest BCUT2D eigenvalue weighted by Crippen LogP contribution is 2.23. The third-order valence-electron chi connectivity index (χ3n) is 4.38. The van der Waals surface area contributed by atoms with Crippen molar-refractivity contribution in [1.82, 2.24) is 15.5 Å². The molecule has 2 aliphatic heterocycles. The lowest BCUT2D eigenvalue weighted by Gasteiger charge is -2.36. The first-order chi connectivity index (χ1) is 12.0. The Bertz CT molecular complexity index is 603. The first kappa shape index (κ1) is 18.2. The van der Waals surface area contributed by atoms with Crippen LogP contribution in [-0.2, 0) is 14.3 Å². The molecule has 0 aliphatic carbocycles. The van der Waals surface area contributed by atoms with Crippen molar-refractivity contribution in [3.05, 3.63) is 35.9 Å². The number of benzene rings is 1. The van der Waals surface area contributed by atoms with Gasteiger partial charge < -0.3 is 15.0 Å². The van der Waals surface area contributed by atoms with Crippen LogP contribution in [-0.4, -0.2) is 53.3 Å². The first-order valence-corrected chi connectivity index (χ1v) is 9.71. The lowest BCUT2D eigenvalue weighted by Crippen LogP contribution is -2.52. The van der Waals surface area contributed by atoms with Crippen LogP contribution in [0.5, 0.6) is 0 Å². The smallest absolute Gasteiger partial charge is 0.232 e. The van der Waals surface area contributed by atoms with E-state index in [1.54, 1.807) is 0 Å². The van der Waals surface area contributed by atoms with Gasteiger partial charge in [0.15, 0.2) is 0 Å². The topological polar surface area (TPSA) is 70.7 Å². The molecule has 2 N–H and O–H groups in total. The number of nitrogens with zero attached hydrogens (tertiary/aromatic N) is 1. The van der Waals surface area contributed by atoms with Gasteiger partial charge in [-0.3, -0.25) is 14.9 Å². The van der Waals surface area contributed by atoms with Gasteiger partial charge in [0.05, 0.1) is 18.0 Å². The second-order valence-electron chi connectivity index (χ2n) is 6.65. The lowest BCUT2D eigenvalue weighted by molar-refractivity contribution is -0.140.